The lowest BCUT2D eigenvalue weighted by molar-refractivity contribution is 0.154. The normalized spacial score (nSPS) is 11.3. The van der Waals surface area contributed by atoms with E-state index in [4.69, 9.17) is 9.84 Å². The number of carboxylic acid groups (broad SMARTS) is 1. The van der Waals surface area contributed by atoms with Gasteiger partial charge in [-0.3, -0.25) is 0 Å². The van der Waals surface area contributed by atoms with E-state index in [9.17, 15) is 13.2 Å². The minimum absolute atomic E-state index is 0.00672. The van der Waals surface area contributed by atoms with Crippen LogP contribution in [0, 0.1) is 0 Å². The van der Waals surface area contributed by atoms with Gasteiger partial charge in [-0.2, -0.15) is 0 Å². The van der Waals surface area contributed by atoms with Crippen LogP contribution < -0.4 is 4.74 Å². The number of methoxy groups -OCH3 is 1. The van der Waals surface area contributed by atoms with Crippen LogP contribution in [0.15, 0.2) is 40.1 Å². The highest BCUT2D eigenvalue weighted by molar-refractivity contribution is 9.10. The lowest BCUT2D eigenvalue weighted by Crippen LogP contribution is -2.23. The summed E-state index contributed by atoms with van der Waals surface area (Å²) in [5.41, 5.74) is 0.534. The van der Waals surface area contributed by atoms with Gasteiger partial charge in [-0.15, -0.1) is 0 Å². The molecule has 0 aliphatic heterocycles. The van der Waals surface area contributed by atoms with Gasteiger partial charge in [-0.25, -0.2) is 22.2 Å². The van der Waals surface area contributed by atoms with E-state index in [-0.39, 0.29) is 11.4 Å². The van der Waals surface area contributed by atoms with Gasteiger partial charge in [0.15, 0.2) is 0 Å². The van der Waals surface area contributed by atoms with E-state index in [0.29, 0.717) is 16.0 Å². The van der Waals surface area contributed by atoms with Gasteiger partial charge in [0.25, 0.3) is 10.0 Å². The van der Waals surface area contributed by atoms with Crippen molar-refractivity contribution in [3.05, 3.63) is 40.8 Å². The monoisotopic (exact) mass is 403 g/mol. The number of nitrogens with zero attached hydrogens (tertiary/aromatic N) is 3. The highest BCUT2D eigenvalue weighted by Gasteiger charge is 2.21. The Kier molecular flexibility index (Phi) is 4.95. The van der Waals surface area contributed by atoms with E-state index >= 15 is 0 Å². The van der Waals surface area contributed by atoms with Gasteiger partial charge in [0, 0.05) is 19.3 Å². The number of rotatable bonds is 5. The second kappa shape index (κ2) is 6.59. The topological polar surface area (TPSA) is 102 Å². The molecule has 0 aromatic carbocycles. The first-order valence-corrected chi connectivity index (χ1v) is 8.55. The van der Waals surface area contributed by atoms with E-state index in [1.54, 1.807) is 6.07 Å². The molecule has 0 saturated heterocycles. The number of halogens is 1. The maximum Gasteiger partial charge on any atom is 0.407 e. The maximum atomic E-state index is 12.6. The lowest BCUT2D eigenvalue weighted by atomic mass is 10.3. The first-order valence-electron chi connectivity index (χ1n) is 6.32. The second-order valence-electron chi connectivity index (χ2n) is 4.65. The molecule has 0 fully saturated rings. The summed E-state index contributed by atoms with van der Waals surface area (Å²) in [5.74, 6) is 0.305. The first kappa shape index (κ1) is 17.3. The Morgan fingerprint density at radius 3 is 2.70 bits per heavy atom. The van der Waals surface area contributed by atoms with Crippen LogP contribution in [0.5, 0.6) is 5.88 Å². The Hall–Kier alpha value is -2.07. The molecule has 0 aliphatic carbocycles. The molecule has 1 N–H and O–H groups in total. The number of amides is 1. The van der Waals surface area contributed by atoms with E-state index in [1.165, 1.54) is 38.7 Å². The minimum atomic E-state index is -3.84. The van der Waals surface area contributed by atoms with Crippen molar-refractivity contribution in [2.75, 3.05) is 14.2 Å². The van der Waals surface area contributed by atoms with Crippen LogP contribution in [-0.2, 0) is 16.6 Å². The molecule has 1 amide bonds. The van der Waals surface area contributed by atoms with Gasteiger partial charge < -0.3 is 14.7 Å². The molecule has 0 spiro atoms. The van der Waals surface area contributed by atoms with Crippen LogP contribution in [-0.4, -0.2) is 47.6 Å². The standard InChI is InChI=1S/C13H14BrN3O5S/c1-16(13(18)19)7-9-5-11(14)17(8-9)23(20,21)10-3-4-12(22-2)15-6-10/h3-6,8H,7H2,1-2H3,(H,18,19). The fourth-order valence-electron chi connectivity index (χ4n) is 1.83. The van der Waals surface area contributed by atoms with E-state index in [2.05, 4.69) is 20.9 Å². The van der Waals surface area contributed by atoms with Crippen LogP contribution in [0.2, 0.25) is 0 Å². The van der Waals surface area contributed by atoms with Crippen LogP contribution in [0.4, 0.5) is 4.79 Å². The summed E-state index contributed by atoms with van der Waals surface area (Å²) in [6, 6.07) is 4.38. The van der Waals surface area contributed by atoms with Crippen molar-refractivity contribution < 1.29 is 23.1 Å². The molecule has 0 saturated carbocycles. The van der Waals surface area contributed by atoms with Gasteiger partial charge in [0.1, 0.15) is 9.50 Å². The van der Waals surface area contributed by atoms with Gasteiger partial charge >= 0.3 is 6.09 Å². The fraction of sp³-hybridized carbons (Fsp3) is 0.231. The molecule has 124 valence electrons. The average molecular weight is 404 g/mol. The second-order valence-corrected chi connectivity index (χ2v) is 7.27. The van der Waals surface area contributed by atoms with Crippen LogP contribution in [0.25, 0.3) is 0 Å². The van der Waals surface area contributed by atoms with Crippen molar-refractivity contribution in [1.82, 2.24) is 13.9 Å². The molecular formula is C13H14BrN3O5S. The summed E-state index contributed by atoms with van der Waals surface area (Å²) in [6.07, 6.45) is 1.46. The quantitative estimate of drug-likeness (QED) is 0.818. The zero-order valence-electron chi connectivity index (χ0n) is 12.3. The summed E-state index contributed by atoms with van der Waals surface area (Å²) in [5, 5.41) is 8.88. The summed E-state index contributed by atoms with van der Waals surface area (Å²) in [4.78, 5) is 15.8. The van der Waals surface area contributed by atoms with E-state index in [1.807, 2.05) is 0 Å². The summed E-state index contributed by atoms with van der Waals surface area (Å²) >= 11 is 3.18. The highest BCUT2D eigenvalue weighted by atomic mass is 79.9. The molecular weight excluding hydrogens is 390 g/mol. The number of pyridine rings is 1. The smallest absolute Gasteiger partial charge is 0.407 e. The third-order valence-corrected chi connectivity index (χ3v) is 5.52. The number of carbonyl (C=O) groups is 1. The van der Waals surface area contributed by atoms with Crippen molar-refractivity contribution in [1.29, 1.82) is 0 Å². The van der Waals surface area contributed by atoms with Crippen molar-refractivity contribution in [2.24, 2.45) is 0 Å². The average Bonchev–Trinajstić information content (AvgIpc) is 2.88. The largest absolute Gasteiger partial charge is 0.481 e. The summed E-state index contributed by atoms with van der Waals surface area (Å²) in [6.45, 7) is 0.0668. The third-order valence-electron chi connectivity index (χ3n) is 3.02. The van der Waals surface area contributed by atoms with Crippen LogP contribution in [0.3, 0.4) is 0 Å². The maximum absolute atomic E-state index is 12.6. The lowest BCUT2D eigenvalue weighted by Gasteiger charge is -2.11. The molecule has 0 atom stereocenters. The molecule has 8 nitrogen and oxygen atoms in total. The minimum Gasteiger partial charge on any atom is -0.481 e. The molecule has 10 heteroatoms. The molecule has 23 heavy (non-hydrogen) atoms. The molecule has 0 bridgehead atoms. The predicted octanol–water partition coefficient (Wildman–Crippen LogP) is 2.00. The van der Waals surface area contributed by atoms with E-state index in [0.717, 1.165) is 8.87 Å². The number of aromatic nitrogens is 2. The summed E-state index contributed by atoms with van der Waals surface area (Å²) < 4.78 is 31.4. The highest BCUT2D eigenvalue weighted by Crippen LogP contribution is 2.23. The Morgan fingerprint density at radius 1 is 1.48 bits per heavy atom. The molecule has 0 unspecified atom stereocenters. The Bertz CT molecular complexity index is 817. The fourth-order valence-corrected chi connectivity index (χ4v) is 4.01. The van der Waals surface area contributed by atoms with Gasteiger partial charge in [-0.1, -0.05) is 0 Å². The van der Waals surface area contributed by atoms with E-state index < -0.39 is 16.1 Å². The number of hydrogen-bond donors (Lipinski definition) is 1. The van der Waals surface area contributed by atoms with Crippen molar-refractivity contribution in [3.63, 3.8) is 0 Å². The molecule has 2 aromatic heterocycles. The molecule has 2 rings (SSSR count). The van der Waals surface area contributed by atoms with Gasteiger partial charge in [-0.05, 0) is 33.6 Å². The van der Waals surface area contributed by atoms with Gasteiger partial charge in [0.05, 0.1) is 19.9 Å². The predicted molar refractivity (Wildman–Crippen MR) is 85.0 cm³/mol. The molecule has 2 heterocycles. The van der Waals surface area contributed by atoms with Crippen LogP contribution >= 0.6 is 15.9 Å². The first-order chi connectivity index (χ1) is 10.8. The Morgan fingerprint density at radius 2 is 2.17 bits per heavy atom. The van der Waals surface area contributed by atoms with Crippen LogP contribution in [0.1, 0.15) is 5.56 Å². The van der Waals surface area contributed by atoms with Crippen molar-refractivity contribution >= 4 is 32.0 Å². The van der Waals surface area contributed by atoms with Crippen molar-refractivity contribution in [2.45, 2.75) is 11.4 Å². The number of hydrogen-bond acceptors (Lipinski definition) is 5. The third kappa shape index (κ3) is 3.64. The zero-order valence-corrected chi connectivity index (χ0v) is 14.7. The zero-order chi connectivity index (χ0) is 17.2. The summed E-state index contributed by atoms with van der Waals surface area (Å²) in [7, 11) is -1.01. The molecule has 2 aromatic rings. The Balaban J connectivity index is 2.36. The molecule has 0 radical (unpaired) electrons. The molecule has 0 aliphatic rings. The van der Waals surface area contributed by atoms with Crippen molar-refractivity contribution in [3.8, 4) is 5.88 Å². The number of ether oxygens (including phenoxy) is 1. The Labute approximate surface area is 141 Å². The SMILES string of the molecule is COc1ccc(S(=O)(=O)n2cc(CN(C)C(=O)O)cc2Br)cn1. The van der Waals surface area contributed by atoms with Gasteiger partial charge in [0.2, 0.25) is 5.88 Å².